The minimum Gasteiger partial charge on any atom is -0.339 e. The van der Waals surface area contributed by atoms with Crippen LogP contribution in [0.1, 0.15) is 22.3 Å². The molecule has 0 radical (unpaired) electrons. The zero-order chi connectivity index (χ0) is 12.5. The number of nitrogens with zero attached hydrogens (tertiary/aromatic N) is 3. The Morgan fingerprint density at radius 2 is 1.94 bits per heavy atom. The van der Waals surface area contributed by atoms with Gasteiger partial charge in [-0.3, -0.25) is 4.79 Å². The minimum absolute atomic E-state index is 0.129. The second-order valence-corrected chi connectivity index (χ2v) is 4.65. The van der Waals surface area contributed by atoms with Crippen molar-refractivity contribution in [3.05, 3.63) is 47.8 Å². The first-order valence-electron chi connectivity index (χ1n) is 6.15. The summed E-state index contributed by atoms with van der Waals surface area (Å²) < 4.78 is 1.81. The van der Waals surface area contributed by atoms with Crippen LogP contribution in [0.15, 0.2) is 36.7 Å². The smallest absolute Gasteiger partial charge is 0.253 e. The van der Waals surface area contributed by atoms with Crippen LogP contribution in [0.4, 0.5) is 0 Å². The number of carbonyl (C=O) groups is 1. The Labute approximate surface area is 106 Å². The lowest BCUT2D eigenvalue weighted by Gasteiger charge is -2.30. The topological polar surface area (TPSA) is 38.1 Å². The molecule has 0 N–H and O–H groups in total. The van der Waals surface area contributed by atoms with Crippen LogP contribution in [0.3, 0.4) is 0 Å². The maximum Gasteiger partial charge on any atom is 0.253 e. The molecule has 0 saturated carbocycles. The Balaban J connectivity index is 1.82. The third-order valence-corrected chi connectivity index (χ3v) is 3.23. The lowest BCUT2D eigenvalue weighted by Crippen LogP contribution is -2.41. The quantitative estimate of drug-likeness (QED) is 0.806. The molecule has 3 rings (SSSR count). The number of hydrogen-bond donors (Lipinski definition) is 0. The van der Waals surface area contributed by atoms with Gasteiger partial charge in [0.1, 0.15) is 0 Å². The highest BCUT2D eigenvalue weighted by Gasteiger charge is 2.21. The first kappa shape index (κ1) is 11.0. The average molecular weight is 241 g/mol. The summed E-state index contributed by atoms with van der Waals surface area (Å²) >= 11 is 0. The van der Waals surface area contributed by atoms with E-state index in [1.807, 2.05) is 53.2 Å². The number of hydrogen-bond acceptors (Lipinski definition) is 2. The van der Waals surface area contributed by atoms with Crippen LogP contribution in [0.5, 0.6) is 0 Å². The highest BCUT2D eigenvalue weighted by molar-refractivity contribution is 5.94. The van der Waals surface area contributed by atoms with Gasteiger partial charge in [-0.25, -0.2) is 4.68 Å². The van der Waals surface area contributed by atoms with Crippen LogP contribution >= 0.6 is 0 Å². The molecule has 2 heterocycles. The Morgan fingerprint density at radius 1 is 1.22 bits per heavy atom. The summed E-state index contributed by atoms with van der Waals surface area (Å²) in [6, 6.07) is 7.60. The van der Waals surface area contributed by atoms with Crippen molar-refractivity contribution in [1.29, 1.82) is 0 Å². The molecule has 0 unspecified atom stereocenters. The van der Waals surface area contributed by atoms with Crippen molar-refractivity contribution < 1.29 is 4.79 Å². The standard InChI is InChI=1S/C14H15N3O/c1-11-9-15-17(10-11)13-5-3-12(4-6-13)14(18)16-7-2-8-16/h3-6,9-10H,2,7-8H2,1H3. The Hall–Kier alpha value is -2.10. The van der Waals surface area contributed by atoms with Gasteiger partial charge in [-0.1, -0.05) is 0 Å². The molecule has 0 spiro atoms. The van der Waals surface area contributed by atoms with E-state index in [0.717, 1.165) is 36.3 Å². The summed E-state index contributed by atoms with van der Waals surface area (Å²) in [5, 5.41) is 4.24. The molecule has 4 nitrogen and oxygen atoms in total. The van der Waals surface area contributed by atoms with Crippen molar-refractivity contribution in [2.24, 2.45) is 0 Å². The van der Waals surface area contributed by atoms with Gasteiger partial charge in [0.15, 0.2) is 0 Å². The fourth-order valence-electron chi connectivity index (χ4n) is 2.01. The van der Waals surface area contributed by atoms with Crippen molar-refractivity contribution in [2.45, 2.75) is 13.3 Å². The number of aromatic nitrogens is 2. The first-order valence-corrected chi connectivity index (χ1v) is 6.15. The van der Waals surface area contributed by atoms with Gasteiger partial charge in [0.25, 0.3) is 5.91 Å². The Morgan fingerprint density at radius 3 is 2.44 bits per heavy atom. The summed E-state index contributed by atoms with van der Waals surface area (Å²) in [5.74, 6) is 0.129. The maximum absolute atomic E-state index is 12.0. The predicted octanol–water partition coefficient (Wildman–Crippen LogP) is 2.03. The number of amides is 1. The van der Waals surface area contributed by atoms with Crippen LogP contribution in [0.25, 0.3) is 5.69 Å². The number of carbonyl (C=O) groups excluding carboxylic acids is 1. The van der Waals surface area contributed by atoms with E-state index in [1.54, 1.807) is 0 Å². The summed E-state index contributed by atoms with van der Waals surface area (Å²) in [6.45, 7) is 3.78. The maximum atomic E-state index is 12.0. The second kappa shape index (κ2) is 4.29. The van der Waals surface area contributed by atoms with Crippen molar-refractivity contribution in [1.82, 2.24) is 14.7 Å². The summed E-state index contributed by atoms with van der Waals surface area (Å²) in [5.41, 5.74) is 2.85. The molecular weight excluding hydrogens is 226 g/mol. The summed E-state index contributed by atoms with van der Waals surface area (Å²) in [7, 11) is 0. The SMILES string of the molecule is Cc1cnn(-c2ccc(C(=O)N3CCC3)cc2)c1. The van der Waals surface area contributed by atoms with Crippen molar-refractivity contribution >= 4 is 5.91 Å². The summed E-state index contributed by atoms with van der Waals surface area (Å²) in [6.07, 6.45) is 4.90. The summed E-state index contributed by atoms with van der Waals surface area (Å²) in [4.78, 5) is 13.9. The number of likely N-dealkylation sites (tertiary alicyclic amines) is 1. The van der Waals surface area contributed by atoms with Crippen molar-refractivity contribution in [2.75, 3.05) is 13.1 Å². The van der Waals surface area contributed by atoms with Crippen molar-refractivity contribution in [3.63, 3.8) is 0 Å². The highest BCUT2D eigenvalue weighted by Crippen LogP contribution is 2.15. The van der Waals surface area contributed by atoms with E-state index in [1.165, 1.54) is 0 Å². The van der Waals surface area contributed by atoms with Gasteiger partial charge in [-0.2, -0.15) is 5.10 Å². The lowest BCUT2D eigenvalue weighted by atomic mass is 10.1. The van der Waals surface area contributed by atoms with Gasteiger partial charge in [0, 0.05) is 24.8 Å². The molecule has 18 heavy (non-hydrogen) atoms. The average Bonchev–Trinajstić information content (AvgIpc) is 2.74. The Kier molecular flexibility index (Phi) is 2.63. The molecular formula is C14H15N3O. The second-order valence-electron chi connectivity index (χ2n) is 4.65. The molecule has 1 aromatic carbocycles. The highest BCUT2D eigenvalue weighted by atomic mass is 16.2. The van der Waals surface area contributed by atoms with Crippen LogP contribution < -0.4 is 0 Å². The van der Waals surface area contributed by atoms with E-state index >= 15 is 0 Å². The van der Waals surface area contributed by atoms with Crippen LogP contribution in [0, 0.1) is 6.92 Å². The number of aryl methyl sites for hydroxylation is 1. The van der Waals surface area contributed by atoms with E-state index in [4.69, 9.17) is 0 Å². The molecule has 0 bridgehead atoms. The zero-order valence-electron chi connectivity index (χ0n) is 10.3. The third kappa shape index (κ3) is 1.90. The molecule has 2 aromatic rings. The van der Waals surface area contributed by atoms with Gasteiger partial charge in [-0.05, 0) is 43.2 Å². The van der Waals surface area contributed by atoms with Gasteiger partial charge in [-0.15, -0.1) is 0 Å². The molecule has 1 aromatic heterocycles. The van der Waals surface area contributed by atoms with E-state index in [9.17, 15) is 4.79 Å². The molecule has 0 atom stereocenters. The van der Waals surface area contributed by atoms with Gasteiger partial charge in [0.2, 0.25) is 0 Å². The van der Waals surface area contributed by atoms with Gasteiger partial charge >= 0.3 is 0 Å². The number of benzene rings is 1. The van der Waals surface area contributed by atoms with E-state index < -0.39 is 0 Å². The van der Waals surface area contributed by atoms with E-state index in [2.05, 4.69) is 5.10 Å². The minimum atomic E-state index is 0.129. The van der Waals surface area contributed by atoms with Gasteiger partial charge in [0.05, 0.1) is 11.9 Å². The molecule has 1 fully saturated rings. The third-order valence-electron chi connectivity index (χ3n) is 3.23. The molecule has 92 valence electrons. The molecule has 0 aliphatic carbocycles. The molecule has 1 saturated heterocycles. The molecule has 4 heteroatoms. The zero-order valence-corrected chi connectivity index (χ0v) is 10.3. The number of rotatable bonds is 2. The van der Waals surface area contributed by atoms with E-state index in [-0.39, 0.29) is 5.91 Å². The monoisotopic (exact) mass is 241 g/mol. The fourth-order valence-corrected chi connectivity index (χ4v) is 2.01. The lowest BCUT2D eigenvalue weighted by molar-refractivity contribution is 0.0652. The van der Waals surface area contributed by atoms with Crippen LogP contribution in [0.2, 0.25) is 0 Å². The van der Waals surface area contributed by atoms with Crippen LogP contribution in [-0.2, 0) is 0 Å². The fraction of sp³-hybridized carbons (Fsp3) is 0.286. The molecule has 1 aliphatic heterocycles. The predicted molar refractivity (Wildman–Crippen MR) is 68.8 cm³/mol. The van der Waals surface area contributed by atoms with E-state index in [0.29, 0.717) is 0 Å². The Bertz CT molecular complexity index is 567. The molecule has 1 aliphatic rings. The normalized spacial score (nSPS) is 14.4. The first-order chi connectivity index (χ1) is 8.74. The van der Waals surface area contributed by atoms with Crippen molar-refractivity contribution in [3.8, 4) is 5.69 Å². The van der Waals surface area contributed by atoms with Crippen LogP contribution in [-0.4, -0.2) is 33.7 Å². The van der Waals surface area contributed by atoms with Gasteiger partial charge < -0.3 is 4.90 Å². The molecule has 1 amide bonds. The largest absolute Gasteiger partial charge is 0.339 e.